The molecule has 30 heavy (non-hydrogen) atoms. The Labute approximate surface area is 173 Å². The summed E-state index contributed by atoms with van der Waals surface area (Å²) < 4.78 is 10.8. The smallest absolute Gasteiger partial charge is 0.336 e. The Balaban J connectivity index is 1.57. The molecule has 3 heterocycles. The van der Waals surface area contributed by atoms with E-state index in [0.29, 0.717) is 70.1 Å². The van der Waals surface area contributed by atoms with Crippen molar-refractivity contribution in [3.8, 4) is 0 Å². The highest BCUT2D eigenvalue weighted by Gasteiger charge is 2.20. The van der Waals surface area contributed by atoms with Gasteiger partial charge >= 0.3 is 5.97 Å². The molecule has 2 aliphatic heterocycles. The predicted octanol–water partition coefficient (Wildman–Crippen LogP) is 0.689. The van der Waals surface area contributed by atoms with E-state index in [-0.39, 0.29) is 11.5 Å². The quantitative estimate of drug-likeness (QED) is 0.516. The molecule has 11 heteroatoms. The standard InChI is InChI=1S/C19H23N7O4/c27-16(28)15-4-2-1-3-14(15)13-20-24-17-21-18(25-5-9-29-10-6-25)23-19(22-17)26-7-11-30-12-8-26/h1-4,13H,5-12H2,(H,27,28)(H,21,22,23,24)/b20-13+. The lowest BCUT2D eigenvalue weighted by molar-refractivity contribution is 0.0696. The first-order valence-electron chi connectivity index (χ1n) is 9.73. The van der Waals surface area contributed by atoms with E-state index in [2.05, 4.69) is 25.5 Å². The number of aromatic nitrogens is 3. The van der Waals surface area contributed by atoms with Crippen LogP contribution in [0.25, 0.3) is 0 Å². The maximum atomic E-state index is 11.3. The molecule has 0 spiro atoms. The normalized spacial score (nSPS) is 17.3. The van der Waals surface area contributed by atoms with Gasteiger partial charge in [0.1, 0.15) is 0 Å². The Morgan fingerprint density at radius 3 is 2.10 bits per heavy atom. The fourth-order valence-corrected chi connectivity index (χ4v) is 3.18. The zero-order valence-electron chi connectivity index (χ0n) is 16.4. The van der Waals surface area contributed by atoms with Crippen LogP contribution in [0.1, 0.15) is 15.9 Å². The van der Waals surface area contributed by atoms with Crippen molar-refractivity contribution in [2.75, 3.05) is 67.8 Å². The third-order valence-electron chi connectivity index (χ3n) is 4.76. The second-order valence-electron chi connectivity index (χ2n) is 6.72. The van der Waals surface area contributed by atoms with Gasteiger partial charge in [-0.2, -0.15) is 20.1 Å². The number of carboxylic acids is 1. The summed E-state index contributed by atoms with van der Waals surface area (Å²) in [4.78, 5) is 29.1. The molecule has 0 atom stereocenters. The van der Waals surface area contributed by atoms with Crippen LogP contribution in [-0.2, 0) is 9.47 Å². The zero-order valence-corrected chi connectivity index (χ0v) is 16.4. The molecule has 2 N–H and O–H groups in total. The molecule has 0 aliphatic carbocycles. The lowest BCUT2D eigenvalue weighted by Crippen LogP contribution is -2.40. The third-order valence-corrected chi connectivity index (χ3v) is 4.76. The van der Waals surface area contributed by atoms with E-state index in [4.69, 9.17) is 9.47 Å². The highest BCUT2D eigenvalue weighted by atomic mass is 16.5. The van der Waals surface area contributed by atoms with Crippen LogP contribution < -0.4 is 15.2 Å². The van der Waals surface area contributed by atoms with Gasteiger partial charge < -0.3 is 24.4 Å². The van der Waals surface area contributed by atoms with Crippen LogP contribution in [0.2, 0.25) is 0 Å². The molecule has 0 unspecified atom stereocenters. The van der Waals surface area contributed by atoms with Gasteiger partial charge in [0.15, 0.2) is 0 Å². The summed E-state index contributed by atoms with van der Waals surface area (Å²) in [6.07, 6.45) is 1.44. The first kappa shape index (κ1) is 20.0. The summed E-state index contributed by atoms with van der Waals surface area (Å²) in [7, 11) is 0. The molecule has 2 aliphatic rings. The van der Waals surface area contributed by atoms with Gasteiger partial charge in [0.05, 0.1) is 38.2 Å². The second kappa shape index (κ2) is 9.46. The molecular weight excluding hydrogens is 390 g/mol. The minimum Gasteiger partial charge on any atom is -0.478 e. The maximum absolute atomic E-state index is 11.3. The Morgan fingerprint density at radius 2 is 1.53 bits per heavy atom. The minimum atomic E-state index is -1.01. The largest absolute Gasteiger partial charge is 0.478 e. The number of carbonyl (C=O) groups is 1. The average molecular weight is 413 g/mol. The Bertz CT molecular complexity index is 875. The van der Waals surface area contributed by atoms with E-state index < -0.39 is 5.97 Å². The van der Waals surface area contributed by atoms with Crippen molar-refractivity contribution in [1.82, 2.24) is 15.0 Å². The molecular formula is C19H23N7O4. The number of rotatable bonds is 6. The van der Waals surface area contributed by atoms with E-state index >= 15 is 0 Å². The van der Waals surface area contributed by atoms with Gasteiger partial charge in [0.25, 0.3) is 0 Å². The first-order valence-corrected chi connectivity index (χ1v) is 9.73. The van der Waals surface area contributed by atoms with E-state index in [1.165, 1.54) is 12.3 Å². The Morgan fingerprint density at radius 1 is 0.967 bits per heavy atom. The summed E-state index contributed by atoms with van der Waals surface area (Å²) in [5, 5.41) is 13.4. The molecule has 2 fully saturated rings. The van der Waals surface area contributed by atoms with Crippen LogP contribution in [-0.4, -0.2) is 84.8 Å². The first-order chi connectivity index (χ1) is 14.7. The van der Waals surface area contributed by atoms with E-state index in [1.54, 1.807) is 18.2 Å². The number of benzene rings is 1. The summed E-state index contributed by atoms with van der Waals surface area (Å²) in [5.41, 5.74) is 3.46. The fraction of sp³-hybridized carbons (Fsp3) is 0.421. The molecule has 11 nitrogen and oxygen atoms in total. The summed E-state index contributed by atoms with van der Waals surface area (Å²) in [5.74, 6) is 0.385. The van der Waals surface area contributed by atoms with Gasteiger partial charge in [-0.05, 0) is 6.07 Å². The minimum absolute atomic E-state index is 0.168. The van der Waals surface area contributed by atoms with Gasteiger partial charge in [0, 0.05) is 31.7 Å². The van der Waals surface area contributed by atoms with Gasteiger partial charge in [-0.3, -0.25) is 0 Å². The van der Waals surface area contributed by atoms with Crippen molar-refractivity contribution in [1.29, 1.82) is 0 Å². The van der Waals surface area contributed by atoms with Crippen LogP contribution in [0.5, 0.6) is 0 Å². The summed E-state index contributed by atoms with van der Waals surface area (Å²) in [6, 6.07) is 6.63. The number of ether oxygens (including phenoxy) is 2. The molecule has 4 rings (SSSR count). The van der Waals surface area contributed by atoms with Crippen LogP contribution in [0.3, 0.4) is 0 Å². The number of nitrogens with one attached hydrogen (secondary N) is 1. The lowest BCUT2D eigenvalue weighted by Gasteiger charge is -2.30. The summed E-state index contributed by atoms with van der Waals surface area (Å²) >= 11 is 0. The van der Waals surface area contributed by atoms with E-state index in [9.17, 15) is 9.90 Å². The number of carboxylic acid groups (broad SMARTS) is 1. The lowest BCUT2D eigenvalue weighted by atomic mass is 10.1. The molecule has 2 saturated heterocycles. The number of morpholine rings is 2. The number of hydrazone groups is 1. The molecule has 158 valence electrons. The fourth-order valence-electron chi connectivity index (χ4n) is 3.18. The number of nitrogens with zero attached hydrogens (tertiary/aromatic N) is 6. The summed E-state index contributed by atoms with van der Waals surface area (Å²) in [6.45, 7) is 5.25. The number of anilines is 3. The molecule has 2 aromatic rings. The number of aromatic carboxylic acids is 1. The predicted molar refractivity (Wildman–Crippen MR) is 111 cm³/mol. The van der Waals surface area contributed by atoms with Gasteiger partial charge in [-0.1, -0.05) is 18.2 Å². The maximum Gasteiger partial charge on any atom is 0.336 e. The van der Waals surface area contributed by atoms with Crippen molar-refractivity contribution >= 4 is 30.0 Å². The van der Waals surface area contributed by atoms with Crippen molar-refractivity contribution < 1.29 is 19.4 Å². The molecule has 0 bridgehead atoms. The van der Waals surface area contributed by atoms with Crippen LogP contribution in [0, 0.1) is 0 Å². The van der Waals surface area contributed by atoms with Gasteiger partial charge in [0.2, 0.25) is 17.8 Å². The SMILES string of the molecule is O=C(O)c1ccccc1/C=N/Nc1nc(N2CCOCC2)nc(N2CCOCC2)n1. The molecule has 1 aromatic carbocycles. The Hall–Kier alpha value is -3.31. The molecule has 0 saturated carbocycles. The highest BCUT2D eigenvalue weighted by molar-refractivity contribution is 5.98. The zero-order chi connectivity index (χ0) is 20.8. The van der Waals surface area contributed by atoms with Crippen LogP contribution in [0.15, 0.2) is 29.4 Å². The molecule has 0 radical (unpaired) electrons. The second-order valence-corrected chi connectivity index (χ2v) is 6.72. The number of hydrogen-bond donors (Lipinski definition) is 2. The van der Waals surface area contributed by atoms with E-state index in [0.717, 1.165) is 0 Å². The van der Waals surface area contributed by atoms with Crippen LogP contribution >= 0.6 is 0 Å². The molecule has 1 aromatic heterocycles. The topological polar surface area (TPSA) is 125 Å². The average Bonchev–Trinajstić information content (AvgIpc) is 2.80. The molecule has 0 amide bonds. The number of hydrogen-bond acceptors (Lipinski definition) is 10. The monoisotopic (exact) mass is 413 g/mol. The van der Waals surface area contributed by atoms with Crippen molar-refractivity contribution in [2.45, 2.75) is 0 Å². The Kier molecular flexibility index (Phi) is 6.30. The van der Waals surface area contributed by atoms with Gasteiger partial charge in [-0.25, -0.2) is 10.2 Å². The third kappa shape index (κ3) is 4.81. The van der Waals surface area contributed by atoms with Crippen molar-refractivity contribution in [3.63, 3.8) is 0 Å². The highest BCUT2D eigenvalue weighted by Crippen LogP contribution is 2.18. The van der Waals surface area contributed by atoms with Gasteiger partial charge in [-0.15, -0.1) is 0 Å². The van der Waals surface area contributed by atoms with Crippen LogP contribution in [0.4, 0.5) is 17.8 Å². The van der Waals surface area contributed by atoms with Crippen molar-refractivity contribution in [3.05, 3.63) is 35.4 Å². The van der Waals surface area contributed by atoms with Crippen molar-refractivity contribution in [2.24, 2.45) is 5.10 Å². The van der Waals surface area contributed by atoms with E-state index in [1.807, 2.05) is 9.80 Å².